The van der Waals surface area contributed by atoms with E-state index < -0.39 is 0 Å². The van der Waals surface area contributed by atoms with Crippen molar-refractivity contribution in [2.75, 3.05) is 0 Å². The van der Waals surface area contributed by atoms with Gasteiger partial charge in [-0.2, -0.15) is 0 Å². The van der Waals surface area contributed by atoms with Gasteiger partial charge < -0.3 is 13.9 Å². The molecule has 1 saturated heterocycles. The van der Waals surface area contributed by atoms with Crippen molar-refractivity contribution < 1.29 is 13.9 Å². The Bertz CT molecular complexity index is 713. The Hall–Kier alpha value is -1.81. The molecule has 0 N–H and O–H groups in total. The van der Waals surface area contributed by atoms with Gasteiger partial charge in [-0.15, -0.1) is 0 Å². The highest BCUT2D eigenvalue weighted by Crippen LogP contribution is 2.54. The topological polar surface area (TPSA) is 52.0 Å². The molecular formula is C14H12O4. The minimum Gasteiger partial charge on any atom is -0.484 e. The Kier molecular flexibility index (Phi) is 1.66. The van der Waals surface area contributed by atoms with Crippen molar-refractivity contribution in [3.63, 3.8) is 0 Å². The van der Waals surface area contributed by atoms with Crippen molar-refractivity contribution >= 4 is 11.0 Å². The van der Waals surface area contributed by atoms with Crippen LogP contribution in [0.3, 0.4) is 0 Å². The molecule has 2 aliphatic heterocycles. The quantitative estimate of drug-likeness (QED) is 0.527. The van der Waals surface area contributed by atoms with E-state index in [4.69, 9.17) is 13.9 Å². The molecule has 0 spiro atoms. The van der Waals surface area contributed by atoms with Crippen LogP contribution in [0.1, 0.15) is 25.5 Å². The largest absolute Gasteiger partial charge is 0.484 e. The van der Waals surface area contributed by atoms with Gasteiger partial charge in [0.25, 0.3) is 0 Å². The molecule has 2 aliphatic rings. The molecule has 2 atom stereocenters. The summed E-state index contributed by atoms with van der Waals surface area (Å²) in [4.78, 5) is 11.2. The lowest BCUT2D eigenvalue weighted by molar-refractivity contribution is 0.0726. The lowest BCUT2D eigenvalue weighted by atomic mass is 9.93. The van der Waals surface area contributed by atoms with Crippen molar-refractivity contribution in [1.82, 2.24) is 0 Å². The average Bonchev–Trinajstić information content (AvgIpc) is 3.07. The lowest BCUT2D eigenvalue weighted by Gasteiger charge is -2.29. The van der Waals surface area contributed by atoms with E-state index in [0.29, 0.717) is 5.58 Å². The number of hydrogen-bond donors (Lipinski definition) is 0. The van der Waals surface area contributed by atoms with Crippen molar-refractivity contribution in [3.05, 3.63) is 40.2 Å². The first-order valence-corrected chi connectivity index (χ1v) is 5.97. The number of hydrogen-bond acceptors (Lipinski definition) is 4. The molecule has 92 valence electrons. The molecule has 18 heavy (non-hydrogen) atoms. The number of rotatable bonds is 0. The third kappa shape index (κ3) is 1.26. The van der Waals surface area contributed by atoms with E-state index in [1.165, 1.54) is 6.07 Å². The molecule has 0 unspecified atom stereocenters. The molecule has 1 aromatic carbocycles. The maximum atomic E-state index is 11.2. The smallest absolute Gasteiger partial charge is 0.336 e. The molecule has 0 bridgehead atoms. The molecule has 0 saturated carbocycles. The minimum absolute atomic E-state index is 0.111. The fraction of sp³-hybridized carbons (Fsp3) is 0.357. The van der Waals surface area contributed by atoms with Crippen LogP contribution in [0.2, 0.25) is 0 Å². The second-order valence-electron chi connectivity index (χ2n) is 5.37. The molecule has 0 amide bonds. The number of ether oxygens (including phenoxy) is 2. The Labute approximate surface area is 103 Å². The zero-order chi connectivity index (χ0) is 12.5. The Morgan fingerprint density at radius 2 is 2.06 bits per heavy atom. The van der Waals surface area contributed by atoms with E-state index in [1.54, 1.807) is 12.1 Å². The van der Waals surface area contributed by atoms with Gasteiger partial charge >= 0.3 is 5.63 Å². The Morgan fingerprint density at radius 1 is 1.22 bits per heavy atom. The predicted octanol–water partition coefficient (Wildman–Crippen LogP) is 2.40. The van der Waals surface area contributed by atoms with E-state index in [2.05, 4.69) is 0 Å². The maximum absolute atomic E-state index is 11.2. The number of fused-ring (bicyclic) bond motifs is 4. The molecule has 3 heterocycles. The molecule has 1 aromatic heterocycles. The molecule has 4 rings (SSSR count). The first-order valence-electron chi connectivity index (χ1n) is 5.97. The first-order chi connectivity index (χ1) is 8.54. The number of benzene rings is 1. The van der Waals surface area contributed by atoms with Crippen LogP contribution in [-0.2, 0) is 4.74 Å². The highest BCUT2D eigenvalue weighted by Gasteiger charge is 2.56. The van der Waals surface area contributed by atoms with E-state index in [-0.39, 0.29) is 23.4 Å². The summed E-state index contributed by atoms with van der Waals surface area (Å²) in [6.07, 6.45) is 0.234. The van der Waals surface area contributed by atoms with Crippen molar-refractivity contribution in [2.24, 2.45) is 0 Å². The van der Waals surface area contributed by atoms with Crippen LogP contribution in [0.5, 0.6) is 5.75 Å². The van der Waals surface area contributed by atoms with Gasteiger partial charge in [0.05, 0.1) is 0 Å². The molecule has 1 fully saturated rings. The van der Waals surface area contributed by atoms with Crippen LogP contribution in [0.4, 0.5) is 0 Å². The van der Waals surface area contributed by atoms with E-state index in [9.17, 15) is 4.79 Å². The summed E-state index contributed by atoms with van der Waals surface area (Å²) in [5.41, 5.74) is 0.912. The summed E-state index contributed by atoms with van der Waals surface area (Å²) >= 11 is 0. The van der Waals surface area contributed by atoms with Gasteiger partial charge in [-0.1, -0.05) is 0 Å². The zero-order valence-electron chi connectivity index (χ0n) is 10.1. The zero-order valence-corrected chi connectivity index (χ0v) is 10.1. The highest BCUT2D eigenvalue weighted by molar-refractivity contribution is 5.80. The Balaban J connectivity index is 1.97. The molecular weight excluding hydrogens is 232 g/mol. The second kappa shape index (κ2) is 2.95. The third-order valence-electron chi connectivity index (χ3n) is 3.61. The predicted molar refractivity (Wildman–Crippen MR) is 64.8 cm³/mol. The van der Waals surface area contributed by atoms with Gasteiger partial charge in [0, 0.05) is 23.1 Å². The monoisotopic (exact) mass is 244 g/mol. The molecule has 4 heteroatoms. The van der Waals surface area contributed by atoms with Crippen LogP contribution in [0, 0.1) is 0 Å². The first kappa shape index (κ1) is 10.1. The van der Waals surface area contributed by atoms with Gasteiger partial charge in [-0.3, -0.25) is 0 Å². The average molecular weight is 244 g/mol. The normalized spacial score (nSPS) is 27.2. The van der Waals surface area contributed by atoms with E-state index in [1.807, 2.05) is 19.9 Å². The van der Waals surface area contributed by atoms with Gasteiger partial charge in [-0.05, 0) is 26.0 Å². The third-order valence-corrected chi connectivity index (χ3v) is 3.61. The van der Waals surface area contributed by atoms with Crippen LogP contribution in [0.25, 0.3) is 11.0 Å². The van der Waals surface area contributed by atoms with Gasteiger partial charge in [-0.25, -0.2) is 4.79 Å². The van der Waals surface area contributed by atoms with E-state index in [0.717, 1.165) is 16.7 Å². The molecule has 4 nitrogen and oxygen atoms in total. The molecule has 0 aliphatic carbocycles. The summed E-state index contributed by atoms with van der Waals surface area (Å²) < 4.78 is 16.8. The van der Waals surface area contributed by atoms with Crippen LogP contribution < -0.4 is 10.4 Å². The van der Waals surface area contributed by atoms with Crippen molar-refractivity contribution in [2.45, 2.75) is 31.7 Å². The van der Waals surface area contributed by atoms with Gasteiger partial charge in [0.15, 0.2) is 0 Å². The van der Waals surface area contributed by atoms with Gasteiger partial charge in [0.1, 0.15) is 29.1 Å². The SMILES string of the molecule is CC1(C)Oc2cc3oc(=O)ccc3cc2[C@H]2O[C@@H]21. The standard InChI is InChI=1S/C14H12O4/c1-14(2)13-12(17-13)8-5-7-3-4-11(15)16-9(7)6-10(8)18-14/h3-6,12-13H,1-2H3/t12-,13+/m1/s1. The summed E-state index contributed by atoms with van der Waals surface area (Å²) in [5.74, 6) is 0.751. The van der Waals surface area contributed by atoms with Crippen molar-refractivity contribution in [1.29, 1.82) is 0 Å². The Morgan fingerprint density at radius 3 is 2.89 bits per heavy atom. The van der Waals surface area contributed by atoms with Crippen LogP contribution in [-0.4, -0.2) is 11.7 Å². The fourth-order valence-corrected chi connectivity index (χ4v) is 2.64. The van der Waals surface area contributed by atoms with Gasteiger partial charge in [0.2, 0.25) is 0 Å². The minimum atomic E-state index is -0.349. The summed E-state index contributed by atoms with van der Waals surface area (Å²) in [6, 6.07) is 6.95. The number of epoxide rings is 1. The second-order valence-corrected chi connectivity index (χ2v) is 5.37. The molecule has 0 radical (unpaired) electrons. The maximum Gasteiger partial charge on any atom is 0.336 e. The molecule has 2 aromatic rings. The van der Waals surface area contributed by atoms with Crippen LogP contribution in [0.15, 0.2) is 33.5 Å². The van der Waals surface area contributed by atoms with E-state index >= 15 is 0 Å². The fourth-order valence-electron chi connectivity index (χ4n) is 2.64. The lowest BCUT2D eigenvalue weighted by Crippen LogP contribution is -2.37. The summed E-state index contributed by atoms with van der Waals surface area (Å²) in [7, 11) is 0. The summed E-state index contributed by atoms with van der Waals surface area (Å²) in [6.45, 7) is 4.01. The summed E-state index contributed by atoms with van der Waals surface area (Å²) in [5, 5.41) is 0.894. The highest BCUT2D eigenvalue weighted by atomic mass is 16.6. The van der Waals surface area contributed by atoms with Crippen LogP contribution >= 0.6 is 0 Å². The van der Waals surface area contributed by atoms with Crippen molar-refractivity contribution in [3.8, 4) is 5.75 Å².